The fourth-order valence-corrected chi connectivity index (χ4v) is 1.37. The lowest BCUT2D eigenvalue weighted by Crippen LogP contribution is -2.25. The minimum atomic E-state index is -0.835. The summed E-state index contributed by atoms with van der Waals surface area (Å²) in [7, 11) is 0. The van der Waals surface area contributed by atoms with Crippen molar-refractivity contribution in [2.45, 2.75) is 53.1 Å². The number of esters is 3. The van der Waals surface area contributed by atoms with Gasteiger partial charge in [-0.05, 0) is 41.0 Å². The molecule has 0 saturated carbocycles. The van der Waals surface area contributed by atoms with E-state index in [0.717, 1.165) is 0 Å². The van der Waals surface area contributed by atoms with Crippen LogP contribution in [-0.4, -0.2) is 42.5 Å². The van der Waals surface area contributed by atoms with Crippen LogP contribution in [0.15, 0.2) is 12.2 Å². The van der Waals surface area contributed by atoms with E-state index in [0.29, 0.717) is 0 Å². The second kappa shape index (κ2) is 9.85. The zero-order valence-corrected chi connectivity index (χ0v) is 15.0. The van der Waals surface area contributed by atoms with Crippen LogP contribution in [0.3, 0.4) is 0 Å². The first-order valence-corrected chi connectivity index (χ1v) is 7.68. The molecule has 0 amide bonds. The summed E-state index contributed by atoms with van der Waals surface area (Å²) in [5.41, 5.74) is -0.440. The Morgan fingerprint density at radius 2 is 1.54 bits per heavy atom. The Hall–Kier alpha value is -2.18. The molecule has 0 rings (SSSR count). The average molecular weight is 342 g/mol. The lowest BCUT2D eigenvalue weighted by molar-refractivity contribution is -0.156. The van der Waals surface area contributed by atoms with Gasteiger partial charge in [0.15, 0.2) is 0 Å². The van der Waals surface area contributed by atoms with Crippen molar-refractivity contribution < 1.29 is 33.4 Å². The van der Waals surface area contributed by atoms with Crippen LogP contribution < -0.4 is 0 Å². The third kappa shape index (κ3) is 9.76. The first kappa shape index (κ1) is 21.8. The van der Waals surface area contributed by atoms with Gasteiger partial charge in [-0.1, -0.05) is 6.58 Å². The Morgan fingerprint density at radius 1 is 1.00 bits per heavy atom. The summed E-state index contributed by atoms with van der Waals surface area (Å²) in [6.45, 7) is 11.3. The van der Waals surface area contributed by atoms with E-state index < -0.39 is 29.4 Å². The van der Waals surface area contributed by atoms with Gasteiger partial charge in [0.2, 0.25) is 0 Å². The van der Waals surface area contributed by atoms with Crippen molar-refractivity contribution in [1.29, 1.82) is 0 Å². The van der Waals surface area contributed by atoms with E-state index in [4.69, 9.17) is 14.2 Å². The van der Waals surface area contributed by atoms with E-state index in [1.165, 1.54) is 13.8 Å². The zero-order valence-electron chi connectivity index (χ0n) is 15.0. The Kier molecular flexibility index (Phi) is 8.95. The molecular formula is C17H26O7. The second-order valence-corrected chi connectivity index (χ2v) is 6.33. The van der Waals surface area contributed by atoms with E-state index in [9.17, 15) is 19.2 Å². The van der Waals surface area contributed by atoms with Gasteiger partial charge in [-0.25, -0.2) is 4.79 Å². The third-order valence-electron chi connectivity index (χ3n) is 2.87. The molecule has 0 aliphatic carbocycles. The number of carbonyl (C=O) groups is 4. The molecule has 0 bridgehead atoms. The standard InChI is InChI=1S/C17H26O7/c1-11(15(20)24-17(4,5)6)7-8-14(19)22-9-10-23-16(21)12(2)13(3)18/h12H,1,7-10H2,2-6H3. The van der Waals surface area contributed by atoms with Crippen LogP contribution in [0.4, 0.5) is 0 Å². The predicted molar refractivity (Wildman–Crippen MR) is 86.0 cm³/mol. The molecule has 1 atom stereocenters. The smallest absolute Gasteiger partial charge is 0.333 e. The molecule has 0 heterocycles. The summed E-state index contributed by atoms with van der Waals surface area (Å²) in [5, 5.41) is 0. The molecule has 0 aromatic rings. The minimum Gasteiger partial charge on any atom is -0.462 e. The highest BCUT2D eigenvalue weighted by molar-refractivity contribution is 5.97. The molecule has 0 saturated heterocycles. The van der Waals surface area contributed by atoms with Crippen LogP contribution in [0.25, 0.3) is 0 Å². The van der Waals surface area contributed by atoms with E-state index in [1.807, 2.05) is 0 Å². The van der Waals surface area contributed by atoms with Crippen molar-refractivity contribution in [2.24, 2.45) is 5.92 Å². The number of hydrogen-bond acceptors (Lipinski definition) is 7. The number of Topliss-reactive ketones (excluding diaryl/α,β-unsaturated/α-hetero) is 1. The molecule has 7 nitrogen and oxygen atoms in total. The van der Waals surface area contributed by atoms with Crippen LogP contribution in [0.5, 0.6) is 0 Å². The number of ether oxygens (including phenoxy) is 3. The van der Waals surface area contributed by atoms with E-state index in [-0.39, 0.29) is 37.4 Å². The molecule has 1 unspecified atom stereocenters. The van der Waals surface area contributed by atoms with Crippen molar-refractivity contribution in [3.05, 3.63) is 12.2 Å². The summed E-state index contributed by atoms with van der Waals surface area (Å²) >= 11 is 0. The Balaban J connectivity index is 3.96. The highest BCUT2D eigenvalue weighted by Gasteiger charge is 2.20. The topological polar surface area (TPSA) is 96.0 Å². The van der Waals surface area contributed by atoms with Crippen LogP contribution in [0.2, 0.25) is 0 Å². The summed E-state index contributed by atoms with van der Waals surface area (Å²) < 4.78 is 14.8. The fraction of sp³-hybridized carbons (Fsp3) is 0.647. The monoisotopic (exact) mass is 342 g/mol. The fourth-order valence-electron chi connectivity index (χ4n) is 1.37. The van der Waals surface area contributed by atoms with Gasteiger partial charge in [-0.3, -0.25) is 14.4 Å². The molecule has 7 heteroatoms. The quantitative estimate of drug-likeness (QED) is 0.208. The maximum atomic E-state index is 11.7. The van der Waals surface area contributed by atoms with Gasteiger partial charge in [0.25, 0.3) is 0 Å². The zero-order chi connectivity index (χ0) is 18.9. The van der Waals surface area contributed by atoms with E-state index in [2.05, 4.69) is 6.58 Å². The molecule has 0 aromatic heterocycles. The third-order valence-corrected chi connectivity index (χ3v) is 2.87. The highest BCUT2D eigenvalue weighted by atomic mass is 16.6. The van der Waals surface area contributed by atoms with Gasteiger partial charge >= 0.3 is 17.9 Å². The molecule has 0 aromatic carbocycles. The Labute approximate surface area is 142 Å². The molecule has 0 N–H and O–H groups in total. The van der Waals surface area contributed by atoms with Gasteiger partial charge in [0.05, 0.1) is 0 Å². The summed E-state index contributed by atoms with van der Waals surface area (Å²) in [6, 6.07) is 0. The first-order valence-electron chi connectivity index (χ1n) is 7.68. The SMILES string of the molecule is C=C(CCC(=O)OCCOC(=O)C(C)C(C)=O)C(=O)OC(C)(C)C. The molecule has 0 radical (unpaired) electrons. The van der Waals surface area contributed by atoms with Gasteiger partial charge < -0.3 is 14.2 Å². The Morgan fingerprint density at radius 3 is 2.04 bits per heavy atom. The van der Waals surface area contributed by atoms with Gasteiger partial charge in [-0.15, -0.1) is 0 Å². The van der Waals surface area contributed by atoms with Crippen molar-refractivity contribution in [3.63, 3.8) is 0 Å². The lowest BCUT2D eigenvalue weighted by atomic mass is 10.1. The van der Waals surface area contributed by atoms with Crippen molar-refractivity contribution in [1.82, 2.24) is 0 Å². The largest absolute Gasteiger partial charge is 0.462 e. The molecule has 0 fully saturated rings. The molecule has 0 aliphatic rings. The second-order valence-electron chi connectivity index (χ2n) is 6.33. The highest BCUT2D eigenvalue weighted by Crippen LogP contribution is 2.13. The first-order chi connectivity index (χ1) is 10.9. The van der Waals surface area contributed by atoms with Crippen molar-refractivity contribution in [2.75, 3.05) is 13.2 Å². The number of carbonyl (C=O) groups excluding carboxylic acids is 4. The normalized spacial score (nSPS) is 12.0. The summed E-state index contributed by atoms with van der Waals surface area (Å²) in [5.74, 6) is -2.88. The van der Waals surface area contributed by atoms with Crippen LogP contribution >= 0.6 is 0 Å². The van der Waals surface area contributed by atoms with E-state index in [1.54, 1.807) is 20.8 Å². The average Bonchev–Trinajstić information content (AvgIpc) is 2.46. The summed E-state index contributed by atoms with van der Waals surface area (Å²) in [6.07, 6.45) is 0.0881. The van der Waals surface area contributed by atoms with Crippen LogP contribution in [-0.2, 0) is 33.4 Å². The molecule has 24 heavy (non-hydrogen) atoms. The van der Waals surface area contributed by atoms with Gasteiger partial charge in [-0.2, -0.15) is 0 Å². The number of ketones is 1. The van der Waals surface area contributed by atoms with E-state index >= 15 is 0 Å². The molecule has 0 aliphatic heterocycles. The van der Waals surface area contributed by atoms with Crippen molar-refractivity contribution >= 4 is 23.7 Å². The number of hydrogen-bond donors (Lipinski definition) is 0. The van der Waals surface area contributed by atoms with Crippen LogP contribution in [0, 0.1) is 5.92 Å². The van der Waals surface area contributed by atoms with Gasteiger partial charge in [0, 0.05) is 12.0 Å². The molecule has 0 spiro atoms. The summed E-state index contributed by atoms with van der Waals surface area (Å²) in [4.78, 5) is 45.6. The maximum Gasteiger partial charge on any atom is 0.333 e. The molecule has 136 valence electrons. The number of rotatable bonds is 9. The predicted octanol–water partition coefficient (Wildman–Crippen LogP) is 1.98. The Bertz CT molecular complexity index is 500. The molecular weight excluding hydrogens is 316 g/mol. The lowest BCUT2D eigenvalue weighted by Gasteiger charge is -2.20. The van der Waals surface area contributed by atoms with Crippen LogP contribution in [0.1, 0.15) is 47.5 Å². The van der Waals surface area contributed by atoms with Gasteiger partial charge in [0.1, 0.15) is 30.5 Å². The maximum absolute atomic E-state index is 11.7. The minimum absolute atomic E-state index is 0.0319. The van der Waals surface area contributed by atoms with Crippen molar-refractivity contribution in [3.8, 4) is 0 Å².